The molecular weight excluding hydrogens is 585 g/mol. The van der Waals surface area contributed by atoms with Gasteiger partial charge in [0.25, 0.3) is 0 Å². The molecule has 1 aromatic heterocycles. The molecule has 43 heavy (non-hydrogen) atoms. The maximum absolute atomic E-state index is 12.9. The van der Waals surface area contributed by atoms with E-state index in [1.165, 1.54) is 31.5 Å². The van der Waals surface area contributed by atoms with Crippen molar-refractivity contribution in [2.45, 2.75) is 31.7 Å². The number of nitrogens with zero attached hydrogens (tertiary/aromatic N) is 4. The summed E-state index contributed by atoms with van der Waals surface area (Å²) in [5.74, 6) is 0.890. The number of anilines is 6. The lowest BCUT2D eigenvalue weighted by Crippen LogP contribution is -2.40. The molecule has 1 unspecified atom stereocenters. The van der Waals surface area contributed by atoms with Crippen molar-refractivity contribution in [1.29, 1.82) is 0 Å². The number of hydrogen-bond acceptors (Lipinski definition) is 9. The smallest absolute Gasteiger partial charge is 0.247 e. The Labute approximate surface area is 258 Å². The van der Waals surface area contributed by atoms with Gasteiger partial charge in [0, 0.05) is 30.5 Å². The van der Waals surface area contributed by atoms with Crippen LogP contribution < -0.4 is 30.9 Å². The molecular formula is C31H39ClN7O3P. The molecule has 2 aromatic carbocycles. The highest BCUT2D eigenvalue weighted by molar-refractivity contribution is 7.70. The number of nitrogens with one attached hydrogen (secondary N) is 3. The Morgan fingerprint density at radius 1 is 1.09 bits per heavy atom. The second-order valence-corrected chi connectivity index (χ2v) is 14.8. The van der Waals surface area contributed by atoms with Gasteiger partial charge in [0.05, 0.1) is 36.1 Å². The van der Waals surface area contributed by atoms with Gasteiger partial charge in [-0.25, -0.2) is 4.98 Å². The van der Waals surface area contributed by atoms with Gasteiger partial charge in [0.1, 0.15) is 17.9 Å². The summed E-state index contributed by atoms with van der Waals surface area (Å²) in [4.78, 5) is 26.3. The number of likely N-dealkylation sites (tertiary alicyclic amines) is 1. The third-order valence-electron chi connectivity index (χ3n) is 7.90. The molecule has 3 heterocycles. The zero-order valence-electron chi connectivity index (χ0n) is 24.9. The largest absolute Gasteiger partial charge is 0.494 e. The minimum Gasteiger partial charge on any atom is -0.494 e. The van der Waals surface area contributed by atoms with E-state index in [1.807, 2.05) is 36.4 Å². The molecule has 3 aromatic rings. The van der Waals surface area contributed by atoms with Crippen molar-refractivity contribution in [3.8, 4) is 5.75 Å². The Morgan fingerprint density at radius 3 is 2.58 bits per heavy atom. The van der Waals surface area contributed by atoms with Gasteiger partial charge in [0.2, 0.25) is 11.9 Å². The van der Waals surface area contributed by atoms with Crippen molar-refractivity contribution in [1.82, 2.24) is 14.9 Å². The number of para-hydroxylation sites is 1. The Morgan fingerprint density at radius 2 is 1.86 bits per heavy atom. The molecule has 5 rings (SSSR count). The summed E-state index contributed by atoms with van der Waals surface area (Å²) in [5, 5.41) is 10.4. The summed E-state index contributed by atoms with van der Waals surface area (Å²) in [6.45, 7) is 11.1. The van der Waals surface area contributed by atoms with Gasteiger partial charge < -0.3 is 30.2 Å². The van der Waals surface area contributed by atoms with Gasteiger partial charge in [-0.1, -0.05) is 36.7 Å². The minimum atomic E-state index is -2.56. The molecule has 228 valence electrons. The molecule has 1 amide bonds. The number of rotatable bonds is 10. The average Bonchev–Trinajstić information content (AvgIpc) is 3.49. The molecule has 3 N–H and O–H groups in total. The fourth-order valence-corrected chi connectivity index (χ4v) is 7.03. The summed E-state index contributed by atoms with van der Waals surface area (Å²) < 4.78 is 18.7. The second kappa shape index (κ2) is 13.4. The molecule has 10 nitrogen and oxygen atoms in total. The van der Waals surface area contributed by atoms with Gasteiger partial charge in [-0.15, -0.1) is 0 Å². The predicted molar refractivity (Wildman–Crippen MR) is 177 cm³/mol. The Balaban J connectivity index is 1.43. The van der Waals surface area contributed by atoms with Crippen molar-refractivity contribution in [3.05, 3.63) is 60.3 Å². The highest BCUT2D eigenvalue weighted by Gasteiger charge is 2.30. The normalized spacial score (nSPS) is 17.4. The van der Waals surface area contributed by atoms with Crippen LogP contribution in [0.15, 0.2) is 55.3 Å². The number of aromatic nitrogens is 2. The Kier molecular flexibility index (Phi) is 9.59. The number of benzene rings is 2. The molecule has 0 aliphatic carbocycles. The number of hydrogen-bond donors (Lipinski definition) is 3. The molecule has 2 aliphatic heterocycles. The van der Waals surface area contributed by atoms with Crippen LogP contribution in [0.2, 0.25) is 5.02 Å². The van der Waals surface area contributed by atoms with Gasteiger partial charge in [-0.2, -0.15) is 4.98 Å². The van der Waals surface area contributed by atoms with Gasteiger partial charge in [-0.05, 0) is 70.0 Å². The van der Waals surface area contributed by atoms with Crippen molar-refractivity contribution in [2.24, 2.45) is 0 Å². The number of amides is 1. The van der Waals surface area contributed by atoms with Gasteiger partial charge in [0.15, 0.2) is 5.82 Å². The zero-order valence-corrected chi connectivity index (χ0v) is 26.5. The van der Waals surface area contributed by atoms with Crippen LogP contribution >= 0.6 is 18.7 Å². The van der Waals surface area contributed by atoms with Crippen LogP contribution in [-0.4, -0.2) is 73.4 Å². The van der Waals surface area contributed by atoms with Crippen LogP contribution in [0, 0.1) is 0 Å². The highest BCUT2D eigenvalue weighted by atomic mass is 35.5. The van der Waals surface area contributed by atoms with E-state index in [-0.39, 0.29) is 11.9 Å². The number of ether oxygens (including phenoxy) is 1. The topological polar surface area (TPSA) is 112 Å². The molecule has 0 saturated carbocycles. The summed E-state index contributed by atoms with van der Waals surface area (Å²) >= 11 is 6.46. The number of halogens is 1. The number of carbonyl (C=O) groups is 1. The van der Waals surface area contributed by atoms with E-state index in [4.69, 9.17) is 16.3 Å². The molecule has 1 atom stereocenters. The number of carbonyl (C=O) groups excluding carboxylic acids is 1. The third-order valence-corrected chi connectivity index (χ3v) is 9.73. The first-order chi connectivity index (χ1) is 20.7. The second-order valence-electron chi connectivity index (χ2n) is 11.3. The number of methoxy groups -OCH3 is 1. The standard InChI is InChI=1S/C31H39ClN7O3P/c1-5-29(40)34-24-17-25(27(42-2)18-26(24)39-16-13-21(20-39)38-14-9-6-10-15-38)36-31-33-19-22(32)30(37-31)35-23-11-7-8-12-28(23)43(3,4)41/h5,7-8,11-12,17-19,21H,1,6,9-10,13-16,20H2,2-4H3,(H,34,40)(H2,33,35,36,37). The van der Waals surface area contributed by atoms with Crippen LogP contribution in [0.25, 0.3) is 0 Å². The SMILES string of the molecule is C=CC(=O)Nc1cc(Nc2ncc(Cl)c(Nc3ccccc3P(C)(C)=O)n2)c(OC)cc1N1CCC(N2CCCCC2)C1. The summed E-state index contributed by atoms with van der Waals surface area (Å²) in [7, 11) is -0.956. The first-order valence-electron chi connectivity index (χ1n) is 14.5. The Bertz CT molecular complexity index is 1540. The molecule has 2 aliphatic rings. The van der Waals surface area contributed by atoms with Crippen LogP contribution in [0.5, 0.6) is 5.75 Å². The highest BCUT2D eigenvalue weighted by Crippen LogP contribution is 2.41. The monoisotopic (exact) mass is 623 g/mol. The first kappa shape index (κ1) is 30.9. The van der Waals surface area contributed by atoms with Crippen LogP contribution in [0.1, 0.15) is 25.7 Å². The van der Waals surface area contributed by atoms with E-state index in [9.17, 15) is 9.36 Å². The molecule has 12 heteroatoms. The van der Waals surface area contributed by atoms with E-state index in [1.54, 1.807) is 20.4 Å². The average molecular weight is 624 g/mol. The quantitative estimate of drug-likeness (QED) is 0.183. The predicted octanol–water partition coefficient (Wildman–Crippen LogP) is 6.06. The summed E-state index contributed by atoms with van der Waals surface area (Å²) in [5.41, 5.74) is 2.75. The summed E-state index contributed by atoms with van der Waals surface area (Å²) in [6, 6.07) is 11.6. The van der Waals surface area contributed by atoms with Gasteiger partial charge in [-0.3, -0.25) is 9.69 Å². The lowest BCUT2D eigenvalue weighted by atomic mass is 10.1. The van der Waals surface area contributed by atoms with Crippen LogP contribution in [0.3, 0.4) is 0 Å². The molecule has 0 spiro atoms. The van der Waals surface area contributed by atoms with E-state index < -0.39 is 7.14 Å². The molecule has 2 saturated heterocycles. The number of piperidine rings is 1. The van der Waals surface area contributed by atoms with E-state index in [0.29, 0.717) is 45.0 Å². The van der Waals surface area contributed by atoms with Gasteiger partial charge >= 0.3 is 0 Å². The lowest BCUT2D eigenvalue weighted by molar-refractivity contribution is -0.111. The minimum absolute atomic E-state index is 0.263. The van der Waals surface area contributed by atoms with Crippen molar-refractivity contribution in [3.63, 3.8) is 0 Å². The van der Waals surface area contributed by atoms with Crippen molar-refractivity contribution >= 4 is 64.5 Å². The third kappa shape index (κ3) is 7.32. The van der Waals surface area contributed by atoms with Crippen LogP contribution in [0.4, 0.5) is 34.5 Å². The maximum Gasteiger partial charge on any atom is 0.247 e. The van der Waals surface area contributed by atoms with Crippen LogP contribution in [-0.2, 0) is 9.36 Å². The fraction of sp³-hybridized carbons (Fsp3) is 0.387. The molecule has 0 bridgehead atoms. The Hall–Kier alpha value is -3.59. The molecule has 2 fully saturated rings. The fourth-order valence-electron chi connectivity index (χ4n) is 5.74. The zero-order chi connectivity index (χ0) is 30.6. The summed E-state index contributed by atoms with van der Waals surface area (Å²) in [6.07, 6.45) is 7.62. The first-order valence-corrected chi connectivity index (χ1v) is 17.5. The van der Waals surface area contributed by atoms with E-state index in [0.717, 1.165) is 38.3 Å². The van der Waals surface area contributed by atoms with E-state index in [2.05, 4.69) is 42.3 Å². The maximum atomic E-state index is 12.9. The molecule has 0 radical (unpaired) electrons. The lowest BCUT2D eigenvalue weighted by Gasteiger charge is -2.32. The van der Waals surface area contributed by atoms with E-state index >= 15 is 0 Å². The van der Waals surface area contributed by atoms with Crippen molar-refractivity contribution in [2.75, 3.05) is 67.5 Å². The van der Waals surface area contributed by atoms with Crippen molar-refractivity contribution < 1.29 is 14.1 Å².